The number of esters is 2. The van der Waals surface area contributed by atoms with Crippen LogP contribution in [0.15, 0.2) is 152 Å². The van der Waals surface area contributed by atoms with Crippen LogP contribution in [-0.4, -0.2) is 57.9 Å². The molecule has 0 heterocycles. The second-order valence-corrected chi connectivity index (χ2v) is 11.0. The molecular weight excluding hydrogens is 700 g/mol. The lowest BCUT2D eigenvalue weighted by atomic mass is 10.2. The van der Waals surface area contributed by atoms with Gasteiger partial charge < -0.3 is 34.3 Å². The lowest BCUT2D eigenvalue weighted by Crippen LogP contribution is -2.25. The van der Waals surface area contributed by atoms with E-state index in [1.54, 1.807) is 74.5 Å². The van der Waals surface area contributed by atoms with Gasteiger partial charge in [-0.2, -0.15) is 0 Å². The molecule has 3 unspecified atom stereocenters. The number of carbonyl (C=O) groups is 3. The van der Waals surface area contributed by atoms with Gasteiger partial charge in [-0.15, -0.1) is 0 Å². The number of para-hydroxylation sites is 3. The molecule has 5 aromatic rings. The van der Waals surface area contributed by atoms with Crippen molar-refractivity contribution in [2.75, 3.05) is 7.11 Å². The number of aromatic hydroxyl groups is 1. The number of aliphatic hydroxyl groups excluding tert-OH is 2. The molecule has 5 rings (SSSR count). The second-order valence-electron chi connectivity index (χ2n) is 10.7. The van der Waals surface area contributed by atoms with Gasteiger partial charge in [0.05, 0.1) is 13.2 Å². The first-order chi connectivity index (χ1) is 25.5. The van der Waals surface area contributed by atoms with E-state index in [2.05, 4.69) is 0 Å². The highest BCUT2D eigenvalue weighted by Crippen LogP contribution is 2.12. The molecule has 0 radical (unpaired) electrons. The molecule has 0 amide bonds. The van der Waals surface area contributed by atoms with Gasteiger partial charge in [-0.1, -0.05) is 115 Å². The van der Waals surface area contributed by atoms with Crippen molar-refractivity contribution < 1.29 is 48.7 Å². The van der Waals surface area contributed by atoms with Crippen LogP contribution in [-0.2, 0) is 37.1 Å². The van der Waals surface area contributed by atoms with Crippen LogP contribution in [0.25, 0.3) is 0 Å². The van der Waals surface area contributed by atoms with E-state index in [-0.39, 0.29) is 5.97 Å². The van der Waals surface area contributed by atoms with Gasteiger partial charge in [-0.05, 0) is 79.9 Å². The molecule has 0 aromatic heterocycles. The topological polar surface area (TPSA) is 149 Å². The molecule has 0 bridgehead atoms. The maximum absolute atomic E-state index is 11.8. The summed E-state index contributed by atoms with van der Waals surface area (Å²) in [5.41, 5.74) is 2.06. The minimum Gasteiger partial charge on any atom is -0.508 e. The Hall–Kier alpha value is -5.36. The summed E-state index contributed by atoms with van der Waals surface area (Å²) in [5.74, 6) is 0.275. The van der Waals surface area contributed by atoms with E-state index < -0.39 is 29.5 Å². The summed E-state index contributed by atoms with van der Waals surface area (Å²) in [6, 6.07) is 45.7. The number of hydrogen-bond donors (Lipinski definition) is 3. The van der Waals surface area contributed by atoms with Gasteiger partial charge in [0, 0.05) is 7.11 Å². The van der Waals surface area contributed by atoms with Crippen LogP contribution in [0.3, 0.4) is 0 Å². The normalized spacial score (nSPS) is 11.3. The lowest BCUT2D eigenvalue weighted by Gasteiger charge is -2.12. The van der Waals surface area contributed by atoms with Crippen molar-refractivity contribution in [3.8, 4) is 17.2 Å². The third kappa shape index (κ3) is 22.2. The molecule has 5 aromatic carbocycles. The maximum atomic E-state index is 11.8. The van der Waals surface area contributed by atoms with Crippen LogP contribution in [0.4, 0.5) is 0 Å². The van der Waals surface area contributed by atoms with E-state index in [9.17, 15) is 14.4 Å². The number of phenolic OH excluding ortho intramolecular Hbond substituents is 1. The Balaban J connectivity index is 0.000000365. The molecule has 53 heavy (non-hydrogen) atoms. The first-order valence-corrected chi connectivity index (χ1v) is 16.8. The third-order valence-electron chi connectivity index (χ3n) is 6.36. The van der Waals surface area contributed by atoms with Gasteiger partial charge in [0.2, 0.25) is 5.24 Å². The lowest BCUT2D eigenvalue weighted by molar-refractivity contribution is -0.147. The molecular formula is C42H47ClO10. The highest BCUT2D eigenvalue weighted by Gasteiger charge is 2.16. The average molecular weight is 747 g/mol. The van der Waals surface area contributed by atoms with Crippen molar-refractivity contribution >= 4 is 28.8 Å². The van der Waals surface area contributed by atoms with Crippen molar-refractivity contribution in [2.45, 2.75) is 52.3 Å². The molecule has 10 nitrogen and oxygen atoms in total. The quantitative estimate of drug-likeness (QED) is 0.0704. The number of aliphatic hydroxyl groups is 2. The SMILES string of the molecule is CC(O)C(=O)Oc1ccccc1.CC(OCc1ccccc1)C(=O)Cl.CC(OCc1ccccc1)C(=O)Oc1ccccc1.CO.Oc1ccccc1. The highest BCUT2D eigenvalue weighted by atomic mass is 35.5. The van der Waals surface area contributed by atoms with E-state index in [1.807, 2.05) is 91.0 Å². The number of rotatable bonds is 11. The summed E-state index contributed by atoms with van der Waals surface area (Å²) < 4.78 is 20.7. The van der Waals surface area contributed by atoms with E-state index in [4.69, 9.17) is 45.9 Å². The van der Waals surface area contributed by atoms with Crippen molar-refractivity contribution in [1.29, 1.82) is 0 Å². The molecule has 0 aliphatic heterocycles. The number of carbonyl (C=O) groups excluding carboxylic acids is 3. The smallest absolute Gasteiger partial charge is 0.340 e. The predicted molar refractivity (Wildman–Crippen MR) is 204 cm³/mol. The van der Waals surface area contributed by atoms with Gasteiger partial charge in [0.25, 0.3) is 0 Å². The van der Waals surface area contributed by atoms with Gasteiger partial charge in [-0.3, -0.25) is 4.79 Å². The minimum absolute atomic E-state index is 0.322. The van der Waals surface area contributed by atoms with E-state index in [0.29, 0.717) is 30.5 Å². The molecule has 0 aliphatic rings. The van der Waals surface area contributed by atoms with Crippen molar-refractivity contribution in [1.82, 2.24) is 0 Å². The second kappa shape index (κ2) is 28.3. The number of hydrogen-bond acceptors (Lipinski definition) is 10. The molecule has 0 saturated carbocycles. The third-order valence-corrected chi connectivity index (χ3v) is 6.67. The Morgan fingerprint density at radius 2 is 0.849 bits per heavy atom. The van der Waals surface area contributed by atoms with Crippen LogP contribution in [0.1, 0.15) is 31.9 Å². The summed E-state index contributed by atoms with van der Waals surface area (Å²) in [6.07, 6.45) is -2.22. The maximum Gasteiger partial charge on any atom is 0.340 e. The fourth-order valence-corrected chi connectivity index (χ4v) is 3.59. The summed E-state index contributed by atoms with van der Waals surface area (Å²) in [4.78, 5) is 33.2. The Kier molecular flexibility index (Phi) is 24.3. The van der Waals surface area contributed by atoms with Gasteiger partial charge >= 0.3 is 11.9 Å². The summed E-state index contributed by atoms with van der Waals surface area (Å²) in [5, 5.41) is 24.0. The average Bonchev–Trinajstić information content (AvgIpc) is 3.19. The van der Waals surface area contributed by atoms with Crippen molar-refractivity contribution in [2.24, 2.45) is 0 Å². The van der Waals surface area contributed by atoms with Crippen LogP contribution in [0, 0.1) is 0 Å². The zero-order valence-corrected chi connectivity index (χ0v) is 30.9. The van der Waals surface area contributed by atoms with Gasteiger partial charge in [-0.25, -0.2) is 9.59 Å². The fraction of sp³-hybridized carbons (Fsp3) is 0.214. The van der Waals surface area contributed by atoms with E-state index >= 15 is 0 Å². The molecule has 0 aliphatic carbocycles. The van der Waals surface area contributed by atoms with E-state index in [0.717, 1.165) is 18.2 Å². The largest absolute Gasteiger partial charge is 0.508 e. The Labute approximate surface area is 316 Å². The Bertz CT molecular complexity index is 1660. The first-order valence-electron chi connectivity index (χ1n) is 16.5. The van der Waals surface area contributed by atoms with Crippen LogP contribution in [0.5, 0.6) is 17.2 Å². The number of phenols is 1. The zero-order chi connectivity index (χ0) is 39.3. The van der Waals surface area contributed by atoms with Crippen LogP contribution < -0.4 is 9.47 Å². The van der Waals surface area contributed by atoms with Crippen LogP contribution in [0.2, 0.25) is 0 Å². The first kappa shape index (κ1) is 45.7. The molecule has 0 saturated heterocycles. The van der Waals surface area contributed by atoms with Gasteiger partial charge in [0.1, 0.15) is 29.5 Å². The molecule has 3 N–H and O–H groups in total. The Morgan fingerprint density at radius 1 is 0.528 bits per heavy atom. The van der Waals surface area contributed by atoms with Crippen molar-refractivity contribution in [3.63, 3.8) is 0 Å². The predicted octanol–water partition coefficient (Wildman–Crippen LogP) is 7.53. The molecule has 3 atom stereocenters. The zero-order valence-electron chi connectivity index (χ0n) is 30.2. The highest BCUT2D eigenvalue weighted by molar-refractivity contribution is 6.64. The molecule has 11 heteroatoms. The molecule has 0 spiro atoms. The van der Waals surface area contributed by atoms with Crippen molar-refractivity contribution in [3.05, 3.63) is 163 Å². The molecule has 282 valence electrons. The Morgan fingerprint density at radius 3 is 1.17 bits per heavy atom. The fourth-order valence-electron chi connectivity index (χ4n) is 3.53. The monoisotopic (exact) mass is 746 g/mol. The van der Waals surface area contributed by atoms with Crippen LogP contribution >= 0.6 is 11.6 Å². The number of ether oxygens (including phenoxy) is 4. The van der Waals surface area contributed by atoms with E-state index in [1.165, 1.54) is 6.92 Å². The number of benzene rings is 5. The summed E-state index contributed by atoms with van der Waals surface area (Å²) in [7, 11) is 1.00. The van der Waals surface area contributed by atoms with Gasteiger partial charge in [0.15, 0.2) is 6.10 Å². The standard InChI is InChI=1S/C16H16O3.C10H11ClO2.C9H10O3.C6H6O.CH4O/c1-13(18-12-14-8-4-2-5-9-14)16(17)19-15-10-6-3-7-11-15;1-8(10(11)12)13-7-9-5-3-2-4-6-9;1-7(10)9(11)12-8-5-3-2-4-6-8;7-6-4-2-1-3-5-6;1-2/h2-11,13H,12H2,1H3;2-6,8H,7H2,1H3;2-7,10H,1H3;1-5,7H;2H,1H3. The minimum atomic E-state index is -1.08. The summed E-state index contributed by atoms with van der Waals surface area (Å²) in [6.45, 7) is 5.50. The number of halogens is 1. The summed E-state index contributed by atoms with van der Waals surface area (Å²) >= 11 is 5.23. The molecule has 0 fully saturated rings.